The summed E-state index contributed by atoms with van der Waals surface area (Å²) in [5.74, 6) is 1.56. The van der Waals surface area contributed by atoms with E-state index in [1.807, 2.05) is 109 Å². The van der Waals surface area contributed by atoms with Gasteiger partial charge in [-0.2, -0.15) is 5.26 Å². The molecule has 242 valence electrons. The lowest BCUT2D eigenvalue weighted by Gasteiger charge is -2.20. The number of nitrogens with zero attached hydrogens (tertiary/aromatic N) is 5. The van der Waals surface area contributed by atoms with Crippen molar-refractivity contribution in [1.29, 1.82) is 5.26 Å². The Balaban J connectivity index is 1.41. The van der Waals surface area contributed by atoms with Crippen molar-refractivity contribution in [3.05, 3.63) is 169 Å². The fraction of sp³-hybridized carbons (Fsp3) is 0. The summed E-state index contributed by atoms with van der Waals surface area (Å²) in [6, 6.07) is 57.3. The van der Waals surface area contributed by atoms with Crippen LogP contribution < -0.4 is 0 Å². The van der Waals surface area contributed by atoms with E-state index in [0.29, 0.717) is 28.6 Å². The Morgan fingerprint density at radius 2 is 1.04 bits per heavy atom. The molecule has 10 aromatic rings. The second-order valence-corrected chi connectivity index (χ2v) is 12.7. The first kappa shape index (κ1) is 29.5. The third-order valence-corrected chi connectivity index (χ3v) is 9.66. The summed E-state index contributed by atoms with van der Waals surface area (Å²) >= 11 is 0. The summed E-state index contributed by atoms with van der Waals surface area (Å²) in [6.07, 6.45) is 0. The molecule has 3 aromatic heterocycles. The van der Waals surface area contributed by atoms with Gasteiger partial charge >= 0.3 is 0 Å². The summed E-state index contributed by atoms with van der Waals surface area (Å²) in [5.41, 5.74) is 9.29. The third kappa shape index (κ3) is 4.68. The highest BCUT2D eigenvalue weighted by Crippen LogP contribution is 2.45. The highest BCUT2D eigenvalue weighted by molar-refractivity contribution is 6.25. The molecule has 0 unspecified atom stereocenters. The molecular weight excluding hydrogens is 639 g/mol. The van der Waals surface area contributed by atoms with Crippen LogP contribution in [0.25, 0.3) is 94.7 Å². The number of rotatable bonds is 5. The van der Waals surface area contributed by atoms with Gasteiger partial charge < -0.3 is 8.98 Å². The predicted octanol–water partition coefficient (Wildman–Crippen LogP) is 11.4. The van der Waals surface area contributed by atoms with Crippen LogP contribution in [0.1, 0.15) is 5.56 Å². The molecule has 3 heterocycles. The summed E-state index contributed by atoms with van der Waals surface area (Å²) in [5, 5.41) is 14.8. The second-order valence-electron chi connectivity index (χ2n) is 12.7. The molecule has 0 N–H and O–H groups in total. The van der Waals surface area contributed by atoms with Crippen LogP contribution in [0, 0.1) is 11.3 Å². The average Bonchev–Trinajstić information content (AvgIpc) is 3.77. The summed E-state index contributed by atoms with van der Waals surface area (Å²) in [4.78, 5) is 15.3. The molecule has 0 aliphatic carbocycles. The van der Waals surface area contributed by atoms with Crippen LogP contribution in [0.5, 0.6) is 0 Å². The smallest absolute Gasteiger partial charge is 0.166 e. The maximum Gasteiger partial charge on any atom is 0.166 e. The van der Waals surface area contributed by atoms with E-state index in [1.165, 1.54) is 0 Å². The highest BCUT2D eigenvalue weighted by Gasteiger charge is 2.26. The van der Waals surface area contributed by atoms with Crippen LogP contribution in [-0.2, 0) is 0 Å². The van der Waals surface area contributed by atoms with Crippen molar-refractivity contribution in [1.82, 2.24) is 19.5 Å². The van der Waals surface area contributed by atoms with Crippen LogP contribution in [0.15, 0.2) is 168 Å². The maximum atomic E-state index is 10.5. The van der Waals surface area contributed by atoms with E-state index in [2.05, 4.69) is 65.2 Å². The largest absolute Gasteiger partial charge is 0.456 e. The monoisotopic (exact) mass is 665 g/mol. The molecule has 0 radical (unpaired) electrons. The number of hydrogen-bond donors (Lipinski definition) is 0. The van der Waals surface area contributed by atoms with E-state index in [-0.39, 0.29) is 0 Å². The topological polar surface area (TPSA) is 80.5 Å². The van der Waals surface area contributed by atoms with Gasteiger partial charge in [0.2, 0.25) is 0 Å². The Labute approximate surface area is 298 Å². The molecule has 0 fully saturated rings. The van der Waals surface area contributed by atoms with Gasteiger partial charge in [0.15, 0.2) is 17.5 Å². The number of furan rings is 1. The molecule has 0 saturated heterocycles. The van der Waals surface area contributed by atoms with Gasteiger partial charge in [0.05, 0.1) is 33.7 Å². The Kier molecular flexibility index (Phi) is 6.76. The van der Waals surface area contributed by atoms with Gasteiger partial charge in [-0.25, -0.2) is 15.0 Å². The number of fused-ring (bicyclic) bond motifs is 7. The number of hydrogen-bond acceptors (Lipinski definition) is 5. The Morgan fingerprint density at radius 1 is 0.481 bits per heavy atom. The molecule has 7 aromatic carbocycles. The lowest BCUT2D eigenvalue weighted by Crippen LogP contribution is -2.06. The van der Waals surface area contributed by atoms with E-state index in [4.69, 9.17) is 19.4 Å². The molecule has 10 rings (SSSR count). The lowest BCUT2D eigenvalue weighted by molar-refractivity contribution is 0.669. The predicted molar refractivity (Wildman–Crippen MR) is 208 cm³/mol. The first-order valence-corrected chi connectivity index (χ1v) is 17.1. The number of para-hydroxylation sites is 2. The van der Waals surface area contributed by atoms with E-state index < -0.39 is 0 Å². The van der Waals surface area contributed by atoms with E-state index in [9.17, 15) is 5.26 Å². The van der Waals surface area contributed by atoms with Crippen molar-refractivity contribution in [3.8, 4) is 57.0 Å². The molecule has 52 heavy (non-hydrogen) atoms. The fourth-order valence-electron chi connectivity index (χ4n) is 7.37. The second kappa shape index (κ2) is 11.9. The zero-order valence-corrected chi connectivity index (χ0v) is 27.7. The van der Waals surface area contributed by atoms with E-state index >= 15 is 0 Å². The van der Waals surface area contributed by atoms with Crippen LogP contribution in [0.2, 0.25) is 0 Å². The van der Waals surface area contributed by atoms with Crippen molar-refractivity contribution < 1.29 is 4.42 Å². The third-order valence-electron chi connectivity index (χ3n) is 9.66. The fourth-order valence-corrected chi connectivity index (χ4v) is 7.37. The molecular formula is C46H27N5O. The normalized spacial score (nSPS) is 11.4. The molecule has 0 atom stereocenters. The quantitative estimate of drug-likeness (QED) is 0.183. The van der Waals surface area contributed by atoms with Crippen molar-refractivity contribution in [2.24, 2.45) is 0 Å². The van der Waals surface area contributed by atoms with Crippen molar-refractivity contribution in [2.75, 3.05) is 0 Å². The minimum atomic E-state index is 0.465. The van der Waals surface area contributed by atoms with Gasteiger partial charge in [0.25, 0.3) is 0 Å². The summed E-state index contributed by atoms with van der Waals surface area (Å²) in [6.45, 7) is 0. The Bertz CT molecular complexity index is 2960. The van der Waals surface area contributed by atoms with E-state index in [1.54, 1.807) is 0 Å². The van der Waals surface area contributed by atoms with Gasteiger partial charge in [0, 0.05) is 38.4 Å². The number of benzene rings is 7. The number of aromatic nitrogens is 4. The van der Waals surface area contributed by atoms with Crippen molar-refractivity contribution in [2.45, 2.75) is 0 Å². The molecule has 0 spiro atoms. The van der Waals surface area contributed by atoms with Gasteiger partial charge in [-0.05, 0) is 42.0 Å². The molecule has 0 saturated carbocycles. The number of nitriles is 1. The van der Waals surface area contributed by atoms with Crippen LogP contribution in [-0.4, -0.2) is 19.5 Å². The van der Waals surface area contributed by atoms with Gasteiger partial charge in [-0.3, -0.25) is 0 Å². The lowest BCUT2D eigenvalue weighted by atomic mass is 9.96. The molecule has 0 amide bonds. The van der Waals surface area contributed by atoms with Crippen molar-refractivity contribution in [3.63, 3.8) is 0 Å². The first-order valence-electron chi connectivity index (χ1n) is 17.1. The molecule has 6 nitrogen and oxygen atoms in total. The zero-order valence-electron chi connectivity index (χ0n) is 27.7. The van der Waals surface area contributed by atoms with Gasteiger partial charge in [0.1, 0.15) is 11.2 Å². The zero-order chi connectivity index (χ0) is 34.6. The van der Waals surface area contributed by atoms with Gasteiger partial charge in [-0.15, -0.1) is 0 Å². The SMILES string of the molecule is N#Cc1cc(-c2ccccc2)c(-n2c3ccccc3c3ccc4oc5ccccc5c4c32)c(-c2nc(-c3ccccc3)nc(-c3ccccc3)n2)c1. The molecule has 6 heteroatoms. The minimum absolute atomic E-state index is 0.465. The van der Waals surface area contributed by atoms with E-state index in [0.717, 1.165) is 71.7 Å². The average molecular weight is 666 g/mol. The maximum absolute atomic E-state index is 10.5. The minimum Gasteiger partial charge on any atom is -0.456 e. The Hall–Kier alpha value is -7.36. The molecule has 0 aliphatic heterocycles. The summed E-state index contributed by atoms with van der Waals surface area (Å²) < 4.78 is 8.78. The van der Waals surface area contributed by atoms with Crippen LogP contribution in [0.3, 0.4) is 0 Å². The molecule has 0 bridgehead atoms. The standard InChI is InChI=1S/C46H27N5O/c47-28-29-26-36(30-14-4-1-5-15-30)42(37(27-29)46-49-44(31-16-6-2-7-17-31)48-45(50-46)32-18-8-3-9-19-32)51-38-22-12-10-20-33(38)34-24-25-40-41(43(34)51)35-21-11-13-23-39(35)52-40/h1-27H. The van der Waals surface area contributed by atoms with Crippen LogP contribution in [0.4, 0.5) is 0 Å². The van der Waals surface area contributed by atoms with Gasteiger partial charge in [-0.1, -0.05) is 127 Å². The first-order chi connectivity index (χ1) is 25.7. The molecule has 0 aliphatic rings. The summed E-state index contributed by atoms with van der Waals surface area (Å²) in [7, 11) is 0. The van der Waals surface area contributed by atoms with Crippen molar-refractivity contribution >= 4 is 43.7 Å². The highest BCUT2D eigenvalue weighted by atomic mass is 16.3. The van der Waals surface area contributed by atoms with Crippen LogP contribution >= 0.6 is 0 Å². The Morgan fingerprint density at radius 3 is 1.71 bits per heavy atom.